The lowest BCUT2D eigenvalue weighted by Gasteiger charge is -2.30. The van der Waals surface area contributed by atoms with Crippen LogP contribution in [-0.4, -0.2) is 35.6 Å². The summed E-state index contributed by atoms with van der Waals surface area (Å²) in [6.07, 6.45) is 3.92. The Morgan fingerprint density at radius 1 is 1.32 bits per heavy atom. The summed E-state index contributed by atoms with van der Waals surface area (Å²) in [5.74, 6) is -0.812. The molecule has 1 aromatic carbocycles. The molecule has 1 aliphatic heterocycles. The quantitative estimate of drug-likeness (QED) is 0.885. The zero-order chi connectivity index (χ0) is 13.7. The molecule has 3 heteroatoms. The van der Waals surface area contributed by atoms with Crippen molar-refractivity contribution in [1.29, 1.82) is 0 Å². The predicted octanol–water partition coefficient (Wildman–Crippen LogP) is 2.59. The van der Waals surface area contributed by atoms with Gasteiger partial charge in [0, 0.05) is 13.1 Å². The smallest absolute Gasteiger partial charge is 0.307 e. The molecule has 1 atom stereocenters. The first-order valence-corrected chi connectivity index (χ1v) is 7.22. The van der Waals surface area contributed by atoms with E-state index in [1.165, 1.54) is 11.1 Å². The zero-order valence-corrected chi connectivity index (χ0v) is 11.6. The van der Waals surface area contributed by atoms with E-state index < -0.39 is 5.97 Å². The molecule has 19 heavy (non-hydrogen) atoms. The number of aliphatic carboxylic acids is 1. The van der Waals surface area contributed by atoms with Crippen LogP contribution in [0.4, 0.5) is 0 Å². The average Bonchev–Trinajstić information content (AvgIpc) is 2.46. The molecule has 1 heterocycles. The van der Waals surface area contributed by atoms with E-state index in [-0.39, 0.29) is 5.92 Å². The van der Waals surface area contributed by atoms with Crippen molar-refractivity contribution in [2.75, 3.05) is 19.6 Å². The van der Waals surface area contributed by atoms with Gasteiger partial charge in [-0.15, -0.1) is 0 Å². The fourth-order valence-electron chi connectivity index (χ4n) is 2.69. The molecule has 1 unspecified atom stereocenters. The van der Waals surface area contributed by atoms with Crippen molar-refractivity contribution < 1.29 is 9.90 Å². The standard InChI is InChI=1S/C16H23NO2/c1-2-13-5-7-14(8-6-13)9-11-17-10-3-4-15(12-17)16(18)19/h5-8,15H,2-4,9-12H2,1H3,(H,18,19). The Hall–Kier alpha value is -1.35. The lowest BCUT2D eigenvalue weighted by atomic mass is 9.98. The van der Waals surface area contributed by atoms with Crippen LogP contribution in [0.3, 0.4) is 0 Å². The minimum absolute atomic E-state index is 0.170. The molecular weight excluding hydrogens is 238 g/mol. The van der Waals surface area contributed by atoms with Gasteiger partial charge in [-0.3, -0.25) is 4.79 Å². The molecule has 104 valence electrons. The van der Waals surface area contributed by atoms with Crippen molar-refractivity contribution in [3.63, 3.8) is 0 Å². The van der Waals surface area contributed by atoms with E-state index in [0.29, 0.717) is 6.54 Å². The van der Waals surface area contributed by atoms with E-state index in [0.717, 1.165) is 38.8 Å². The maximum absolute atomic E-state index is 11.0. The topological polar surface area (TPSA) is 40.5 Å². The van der Waals surface area contributed by atoms with Crippen LogP contribution in [0.15, 0.2) is 24.3 Å². The summed E-state index contributed by atoms with van der Waals surface area (Å²) in [4.78, 5) is 13.3. The van der Waals surface area contributed by atoms with Crippen LogP contribution in [0.25, 0.3) is 0 Å². The molecule has 0 amide bonds. The molecule has 0 bridgehead atoms. The van der Waals surface area contributed by atoms with E-state index >= 15 is 0 Å². The normalized spacial score (nSPS) is 20.4. The van der Waals surface area contributed by atoms with Gasteiger partial charge in [-0.2, -0.15) is 0 Å². The second-order valence-corrected chi connectivity index (χ2v) is 5.40. The first kappa shape index (κ1) is 14.1. The number of nitrogens with zero attached hydrogens (tertiary/aromatic N) is 1. The Bertz CT molecular complexity index is 413. The van der Waals surface area contributed by atoms with Crippen LogP contribution >= 0.6 is 0 Å². The first-order chi connectivity index (χ1) is 9.19. The third-order valence-electron chi connectivity index (χ3n) is 4.00. The number of carboxylic acids is 1. The third-order valence-corrected chi connectivity index (χ3v) is 4.00. The fraction of sp³-hybridized carbons (Fsp3) is 0.562. The Kier molecular flexibility index (Phi) is 4.97. The van der Waals surface area contributed by atoms with Gasteiger partial charge < -0.3 is 10.0 Å². The average molecular weight is 261 g/mol. The molecule has 3 nitrogen and oxygen atoms in total. The number of piperidine rings is 1. The molecule has 0 radical (unpaired) electrons. The van der Waals surface area contributed by atoms with Crippen LogP contribution in [0.1, 0.15) is 30.9 Å². The van der Waals surface area contributed by atoms with E-state index in [4.69, 9.17) is 5.11 Å². The van der Waals surface area contributed by atoms with Crippen LogP contribution in [0.2, 0.25) is 0 Å². The second-order valence-electron chi connectivity index (χ2n) is 5.40. The van der Waals surface area contributed by atoms with Crippen molar-refractivity contribution in [3.05, 3.63) is 35.4 Å². The van der Waals surface area contributed by atoms with Gasteiger partial charge in [-0.25, -0.2) is 0 Å². The molecule has 0 spiro atoms. The molecular formula is C16H23NO2. The molecule has 1 saturated heterocycles. The predicted molar refractivity (Wildman–Crippen MR) is 76.3 cm³/mol. The maximum Gasteiger partial charge on any atom is 0.307 e. The summed E-state index contributed by atoms with van der Waals surface area (Å²) < 4.78 is 0. The van der Waals surface area contributed by atoms with Crippen molar-refractivity contribution >= 4 is 5.97 Å². The largest absolute Gasteiger partial charge is 0.481 e. The Labute approximate surface area is 115 Å². The van der Waals surface area contributed by atoms with Gasteiger partial charge >= 0.3 is 5.97 Å². The summed E-state index contributed by atoms with van der Waals surface area (Å²) in [5, 5.41) is 9.07. The summed E-state index contributed by atoms with van der Waals surface area (Å²) >= 11 is 0. The highest BCUT2D eigenvalue weighted by atomic mass is 16.4. The Morgan fingerprint density at radius 2 is 2.00 bits per heavy atom. The van der Waals surface area contributed by atoms with Gasteiger partial charge in [0.05, 0.1) is 5.92 Å². The highest BCUT2D eigenvalue weighted by Crippen LogP contribution is 2.17. The summed E-state index contributed by atoms with van der Waals surface area (Å²) in [7, 11) is 0. The van der Waals surface area contributed by atoms with Crippen molar-refractivity contribution in [3.8, 4) is 0 Å². The molecule has 1 N–H and O–H groups in total. The van der Waals surface area contributed by atoms with E-state index in [2.05, 4.69) is 36.1 Å². The molecule has 1 fully saturated rings. The maximum atomic E-state index is 11.0. The van der Waals surface area contributed by atoms with Gasteiger partial charge in [0.1, 0.15) is 0 Å². The van der Waals surface area contributed by atoms with Crippen LogP contribution in [0, 0.1) is 5.92 Å². The fourth-order valence-corrected chi connectivity index (χ4v) is 2.69. The van der Waals surface area contributed by atoms with Gasteiger partial charge in [0.25, 0.3) is 0 Å². The number of hydrogen-bond donors (Lipinski definition) is 1. The number of hydrogen-bond acceptors (Lipinski definition) is 2. The minimum Gasteiger partial charge on any atom is -0.481 e. The summed E-state index contributed by atoms with van der Waals surface area (Å²) in [6.45, 7) is 4.88. The van der Waals surface area contributed by atoms with Crippen molar-refractivity contribution in [1.82, 2.24) is 4.90 Å². The monoisotopic (exact) mass is 261 g/mol. The van der Waals surface area contributed by atoms with Crippen molar-refractivity contribution in [2.24, 2.45) is 5.92 Å². The minimum atomic E-state index is -0.642. The molecule has 0 aromatic heterocycles. The molecule has 1 aromatic rings. The number of carboxylic acid groups (broad SMARTS) is 1. The molecule has 0 aliphatic carbocycles. The second kappa shape index (κ2) is 6.71. The zero-order valence-electron chi connectivity index (χ0n) is 11.6. The van der Waals surface area contributed by atoms with Gasteiger partial charge in [-0.05, 0) is 43.4 Å². The SMILES string of the molecule is CCc1ccc(CCN2CCCC(C(=O)O)C2)cc1. The van der Waals surface area contributed by atoms with Crippen molar-refractivity contribution in [2.45, 2.75) is 32.6 Å². The molecule has 2 rings (SSSR count). The number of rotatable bonds is 5. The number of likely N-dealkylation sites (tertiary alicyclic amines) is 1. The Morgan fingerprint density at radius 3 is 2.63 bits per heavy atom. The van der Waals surface area contributed by atoms with E-state index in [1.807, 2.05) is 0 Å². The summed E-state index contributed by atoms with van der Waals surface area (Å²) in [5.41, 5.74) is 2.71. The highest BCUT2D eigenvalue weighted by molar-refractivity contribution is 5.70. The number of aryl methyl sites for hydroxylation is 1. The van der Waals surface area contributed by atoms with E-state index in [1.54, 1.807) is 0 Å². The third kappa shape index (κ3) is 4.06. The first-order valence-electron chi connectivity index (χ1n) is 7.22. The van der Waals surface area contributed by atoms with Gasteiger partial charge in [0.2, 0.25) is 0 Å². The Balaban J connectivity index is 1.82. The highest BCUT2D eigenvalue weighted by Gasteiger charge is 2.24. The lowest BCUT2D eigenvalue weighted by Crippen LogP contribution is -2.39. The van der Waals surface area contributed by atoms with E-state index in [9.17, 15) is 4.79 Å². The van der Waals surface area contributed by atoms with Crippen LogP contribution in [0.5, 0.6) is 0 Å². The van der Waals surface area contributed by atoms with Crippen LogP contribution in [-0.2, 0) is 17.6 Å². The van der Waals surface area contributed by atoms with Gasteiger partial charge in [-0.1, -0.05) is 31.2 Å². The summed E-state index contributed by atoms with van der Waals surface area (Å²) in [6, 6.07) is 8.76. The molecule has 0 saturated carbocycles. The number of carbonyl (C=O) groups is 1. The number of benzene rings is 1. The van der Waals surface area contributed by atoms with Crippen LogP contribution < -0.4 is 0 Å². The lowest BCUT2D eigenvalue weighted by molar-refractivity contribution is -0.143. The molecule has 1 aliphatic rings. The van der Waals surface area contributed by atoms with Gasteiger partial charge in [0.15, 0.2) is 0 Å².